The summed E-state index contributed by atoms with van der Waals surface area (Å²) in [6.07, 6.45) is 15.7. The first-order chi connectivity index (χ1) is 12.4. The van der Waals surface area contributed by atoms with Crippen LogP contribution < -0.4 is 5.32 Å². The fourth-order valence-corrected chi connectivity index (χ4v) is 10.2. The van der Waals surface area contributed by atoms with Crippen LogP contribution in [0.5, 0.6) is 0 Å². The first kappa shape index (κ1) is 16.6. The molecule has 8 aliphatic rings. The highest BCUT2D eigenvalue weighted by atomic mass is 16.3. The predicted molar refractivity (Wildman–Crippen MR) is 102 cm³/mol. The maximum absolute atomic E-state index is 12.2. The molecule has 0 saturated heterocycles. The topological polar surface area (TPSA) is 52.5 Å². The van der Waals surface area contributed by atoms with Crippen LogP contribution in [-0.4, -0.2) is 35.0 Å². The Morgan fingerprint density at radius 1 is 1.08 bits per heavy atom. The molecular formula is C23H35NO2. The van der Waals surface area contributed by atoms with Crippen LogP contribution in [0.4, 0.5) is 0 Å². The number of hydrogen-bond donors (Lipinski definition) is 3. The van der Waals surface area contributed by atoms with Crippen molar-refractivity contribution in [3.63, 3.8) is 0 Å². The van der Waals surface area contributed by atoms with Crippen LogP contribution in [0.25, 0.3) is 0 Å². The highest BCUT2D eigenvalue weighted by Crippen LogP contribution is 2.87. The lowest BCUT2D eigenvalue weighted by atomic mass is 9.28. The Labute approximate surface area is 157 Å². The monoisotopic (exact) mass is 357 g/mol. The Kier molecular flexibility index (Phi) is 2.93. The van der Waals surface area contributed by atoms with E-state index in [9.17, 15) is 10.2 Å². The molecule has 0 heterocycles. The van der Waals surface area contributed by atoms with E-state index in [4.69, 9.17) is 0 Å². The van der Waals surface area contributed by atoms with Crippen molar-refractivity contribution in [2.45, 2.75) is 88.9 Å². The molecule has 8 aliphatic carbocycles. The SMILES string of the molecule is CNC1C2C=CC34C(O)CC5(C)CCCC(O)(C5)C3(C2)CC42CCCC12. The van der Waals surface area contributed by atoms with E-state index in [2.05, 4.69) is 31.4 Å². The molecule has 26 heavy (non-hydrogen) atoms. The summed E-state index contributed by atoms with van der Waals surface area (Å²) < 4.78 is 0. The molecule has 0 aliphatic heterocycles. The number of rotatable bonds is 1. The second-order valence-electron chi connectivity index (χ2n) is 11.4. The van der Waals surface area contributed by atoms with Gasteiger partial charge < -0.3 is 15.5 Å². The van der Waals surface area contributed by atoms with Crippen LogP contribution in [0, 0.1) is 33.5 Å². The molecule has 3 N–H and O–H groups in total. The Bertz CT molecular complexity index is 692. The minimum absolute atomic E-state index is 0.0921. The molecule has 9 unspecified atom stereocenters. The van der Waals surface area contributed by atoms with Crippen molar-refractivity contribution < 1.29 is 10.2 Å². The number of aliphatic hydroxyl groups excluding tert-OH is 1. The Morgan fingerprint density at radius 3 is 2.73 bits per heavy atom. The molecule has 0 aromatic carbocycles. The lowest BCUT2D eigenvalue weighted by Crippen LogP contribution is -2.76. The van der Waals surface area contributed by atoms with Crippen LogP contribution in [-0.2, 0) is 0 Å². The minimum atomic E-state index is -0.582. The summed E-state index contributed by atoms with van der Waals surface area (Å²) in [5, 5.41) is 27.7. The Morgan fingerprint density at radius 2 is 1.92 bits per heavy atom. The smallest absolute Gasteiger partial charge is 0.0718 e. The molecular weight excluding hydrogens is 322 g/mol. The summed E-state index contributed by atoms with van der Waals surface area (Å²) >= 11 is 0. The summed E-state index contributed by atoms with van der Waals surface area (Å²) in [6, 6.07) is 0.519. The highest BCUT2D eigenvalue weighted by Gasteiger charge is 2.86. The number of hydrogen-bond acceptors (Lipinski definition) is 3. The predicted octanol–water partition coefficient (Wildman–Crippen LogP) is 3.40. The van der Waals surface area contributed by atoms with E-state index in [-0.39, 0.29) is 27.8 Å². The van der Waals surface area contributed by atoms with Gasteiger partial charge in [-0.15, -0.1) is 0 Å². The fraction of sp³-hybridized carbons (Fsp3) is 0.913. The summed E-state index contributed by atoms with van der Waals surface area (Å²) in [6.45, 7) is 2.34. The molecule has 0 radical (unpaired) electrons. The van der Waals surface area contributed by atoms with Crippen molar-refractivity contribution in [3.8, 4) is 0 Å². The maximum Gasteiger partial charge on any atom is 0.0718 e. The molecule has 3 spiro atoms. The normalized spacial score (nSPS) is 64.9. The first-order valence-electron chi connectivity index (χ1n) is 11.1. The van der Waals surface area contributed by atoms with Gasteiger partial charge in [-0.1, -0.05) is 31.9 Å². The summed E-state index contributed by atoms with van der Waals surface area (Å²) in [5.41, 5.74) is -0.535. The highest BCUT2D eigenvalue weighted by molar-refractivity contribution is 5.42. The molecule has 6 bridgehead atoms. The standard InChI is InChI=1S/C23H35NO2/c1-19-7-4-9-22(26,13-19)21-11-15-6-10-23(21,17(25)12-19)20(14-21)8-3-5-16(20)18(15)24-2/h6,10,15-18,24-26H,3-5,7-9,11-14H2,1-2H3. The van der Waals surface area contributed by atoms with E-state index in [1.807, 2.05) is 0 Å². The van der Waals surface area contributed by atoms with Gasteiger partial charge in [0.25, 0.3) is 0 Å². The van der Waals surface area contributed by atoms with Gasteiger partial charge in [-0.25, -0.2) is 0 Å². The van der Waals surface area contributed by atoms with Crippen molar-refractivity contribution in [2.24, 2.45) is 33.5 Å². The summed E-state index contributed by atoms with van der Waals surface area (Å²) in [5.74, 6) is 1.18. The average molecular weight is 358 g/mol. The Balaban J connectivity index is 1.62. The van der Waals surface area contributed by atoms with Gasteiger partial charge in [-0.05, 0) is 81.1 Å². The van der Waals surface area contributed by atoms with Crippen LogP contribution in [0.1, 0.15) is 71.1 Å². The van der Waals surface area contributed by atoms with Crippen LogP contribution in [0.3, 0.4) is 0 Å². The second kappa shape index (κ2) is 4.60. The zero-order valence-electron chi connectivity index (χ0n) is 16.4. The summed E-state index contributed by atoms with van der Waals surface area (Å²) in [4.78, 5) is 0. The van der Waals surface area contributed by atoms with Crippen molar-refractivity contribution in [1.29, 1.82) is 0 Å². The molecule has 0 aromatic rings. The number of aliphatic hydroxyl groups is 2. The molecule has 0 aromatic heterocycles. The third kappa shape index (κ3) is 1.44. The molecule has 3 nitrogen and oxygen atoms in total. The van der Waals surface area contributed by atoms with Gasteiger partial charge in [0.05, 0.1) is 11.7 Å². The molecule has 6 saturated carbocycles. The first-order valence-corrected chi connectivity index (χ1v) is 11.1. The van der Waals surface area contributed by atoms with Gasteiger partial charge in [0.2, 0.25) is 0 Å². The zero-order valence-corrected chi connectivity index (χ0v) is 16.4. The lowest BCUT2D eigenvalue weighted by molar-refractivity contribution is -0.314. The minimum Gasteiger partial charge on any atom is -0.392 e. The van der Waals surface area contributed by atoms with E-state index in [0.717, 1.165) is 38.5 Å². The van der Waals surface area contributed by atoms with E-state index < -0.39 is 5.60 Å². The van der Waals surface area contributed by atoms with Gasteiger partial charge in [0.15, 0.2) is 0 Å². The zero-order chi connectivity index (χ0) is 18.0. The molecule has 3 heteroatoms. The van der Waals surface area contributed by atoms with Gasteiger partial charge in [0, 0.05) is 16.9 Å². The van der Waals surface area contributed by atoms with Gasteiger partial charge >= 0.3 is 0 Å². The van der Waals surface area contributed by atoms with E-state index in [1.165, 1.54) is 25.7 Å². The third-order valence-corrected chi connectivity index (χ3v) is 10.7. The fourth-order valence-electron chi connectivity index (χ4n) is 10.2. The second-order valence-corrected chi connectivity index (χ2v) is 11.4. The molecule has 8 rings (SSSR count). The largest absolute Gasteiger partial charge is 0.392 e. The van der Waals surface area contributed by atoms with Crippen molar-refractivity contribution in [2.75, 3.05) is 7.05 Å². The van der Waals surface area contributed by atoms with Crippen LogP contribution >= 0.6 is 0 Å². The molecule has 9 atom stereocenters. The van der Waals surface area contributed by atoms with Crippen LogP contribution in [0.2, 0.25) is 0 Å². The Hall–Kier alpha value is -0.380. The maximum atomic E-state index is 12.2. The molecule has 0 amide bonds. The van der Waals surface area contributed by atoms with Crippen LogP contribution in [0.15, 0.2) is 12.2 Å². The van der Waals surface area contributed by atoms with Crippen molar-refractivity contribution >= 4 is 0 Å². The van der Waals surface area contributed by atoms with Gasteiger partial charge in [0.1, 0.15) is 0 Å². The number of nitrogens with one attached hydrogen (secondary N) is 1. The third-order valence-electron chi connectivity index (χ3n) is 10.7. The molecule has 6 fully saturated rings. The van der Waals surface area contributed by atoms with E-state index >= 15 is 0 Å². The van der Waals surface area contributed by atoms with Gasteiger partial charge in [-0.3, -0.25) is 0 Å². The van der Waals surface area contributed by atoms with E-state index in [0.29, 0.717) is 17.9 Å². The molecule has 144 valence electrons. The van der Waals surface area contributed by atoms with Gasteiger partial charge in [-0.2, -0.15) is 0 Å². The van der Waals surface area contributed by atoms with Crippen molar-refractivity contribution in [1.82, 2.24) is 5.32 Å². The quantitative estimate of drug-likeness (QED) is 0.631. The van der Waals surface area contributed by atoms with Crippen molar-refractivity contribution in [3.05, 3.63) is 12.2 Å². The average Bonchev–Trinajstić information content (AvgIpc) is 2.87. The lowest BCUT2D eigenvalue weighted by Gasteiger charge is -2.76. The number of fused-ring (bicyclic) bond motifs is 2. The van der Waals surface area contributed by atoms with E-state index in [1.54, 1.807) is 0 Å². The summed E-state index contributed by atoms with van der Waals surface area (Å²) in [7, 11) is 2.13.